The predicted molar refractivity (Wildman–Crippen MR) is 567 cm³/mol. The first-order chi connectivity index (χ1) is 66.2. The summed E-state index contributed by atoms with van der Waals surface area (Å²) < 4.78 is 8.19. The summed E-state index contributed by atoms with van der Waals surface area (Å²) in [6.07, 6.45) is 8.99. The third-order valence-corrected chi connectivity index (χ3v) is 33.3. The van der Waals surface area contributed by atoms with Crippen LogP contribution in [0.25, 0.3) is 193 Å². The van der Waals surface area contributed by atoms with Crippen molar-refractivity contribution in [3.63, 3.8) is 0 Å². The summed E-state index contributed by atoms with van der Waals surface area (Å²) in [6.45, 7) is 14.2. The molecule has 24 aromatic rings. The third-order valence-electron chi connectivity index (χ3n) is 29.7. The van der Waals surface area contributed by atoms with E-state index in [9.17, 15) is 0 Å². The van der Waals surface area contributed by atoms with Gasteiger partial charge in [-0.2, -0.15) is 0 Å². The Bertz CT molecular complexity index is 8420. The number of anilines is 9. The van der Waals surface area contributed by atoms with E-state index < -0.39 is 0 Å². The topological polar surface area (TPSA) is 87.1 Å². The van der Waals surface area contributed by atoms with E-state index in [4.69, 9.17) is 19.9 Å². The van der Waals surface area contributed by atoms with Crippen molar-refractivity contribution in [1.29, 1.82) is 0 Å². The van der Waals surface area contributed by atoms with Crippen LogP contribution < -0.4 is 14.7 Å². The van der Waals surface area contributed by atoms with Crippen LogP contribution in [0.4, 0.5) is 51.4 Å². The lowest BCUT2D eigenvalue weighted by Crippen LogP contribution is -2.19. The summed E-state index contributed by atoms with van der Waals surface area (Å²) in [4.78, 5) is 35.6. The maximum absolute atomic E-state index is 4.95. The molecule has 3 aliphatic carbocycles. The third kappa shape index (κ3) is 11.4. The first-order valence-electron chi connectivity index (χ1n) is 46.2. The Morgan fingerprint density at radius 1 is 0.237 bits per heavy atom. The van der Waals surface area contributed by atoms with Crippen molar-refractivity contribution < 1.29 is 0 Å². The average molecular weight is 1780 g/mol. The van der Waals surface area contributed by atoms with Crippen molar-refractivity contribution in [3.05, 3.63) is 417 Å². The lowest BCUT2D eigenvalue weighted by molar-refractivity contribution is 0.661. The van der Waals surface area contributed by atoms with Crippen LogP contribution in [0, 0.1) is 0 Å². The lowest BCUT2D eigenvalue weighted by Gasteiger charge is -2.33. The normalized spacial score (nSPS) is 14.1. The van der Waals surface area contributed by atoms with Crippen molar-refractivity contribution in [1.82, 2.24) is 29.9 Å². The molecular formula is C123H81N9S3. The highest BCUT2D eigenvalue weighted by molar-refractivity contribution is 7.27. The van der Waals surface area contributed by atoms with Gasteiger partial charge in [0, 0.05) is 144 Å². The van der Waals surface area contributed by atoms with Gasteiger partial charge in [0.25, 0.3) is 0 Å². The number of thiophene rings is 3. The number of aromatic nitrogens is 6. The van der Waals surface area contributed by atoms with Crippen LogP contribution >= 0.6 is 34.0 Å². The van der Waals surface area contributed by atoms with Gasteiger partial charge in [-0.3, -0.25) is 9.80 Å². The van der Waals surface area contributed by atoms with Crippen LogP contribution in [0.5, 0.6) is 0 Å². The molecule has 9 nitrogen and oxygen atoms in total. The SMILES string of the molecule is CC1(C)c2cc(N3c4ccccc4-c4cc(-c5ccccc5)cc5ncnc3c45)ccc2-c2c1ccc1c2sc2ccccc21.CC1(C)c2cc(N3c4cncnc4-c4cc(-c5ccccc5)cc5cccc3c45)ccc2-c2c1ccc1c2sc2ccccc21.CC1(C)c2cc(N3c4ncncc4-c4cc(-c5ccccc5)cc5cccc3c45)ccc2-c2c1ccc1c2sc2ccccc21. The van der Waals surface area contributed by atoms with E-state index in [2.05, 4.69) is 418 Å². The molecule has 3 aliphatic heterocycles. The molecule has 0 saturated heterocycles. The monoisotopic (exact) mass is 1780 g/mol. The summed E-state index contributed by atoms with van der Waals surface area (Å²) in [7, 11) is 0. The zero-order valence-electron chi connectivity index (χ0n) is 74.6. The number of para-hydroxylation sites is 1. The van der Waals surface area contributed by atoms with E-state index in [1.165, 1.54) is 193 Å². The minimum atomic E-state index is -0.135. The molecule has 12 heteroatoms. The van der Waals surface area contributed by atoms with Gasteiger partial charge in [0.05, 0.1) is 45.5 Å². The Balaban J connectivity index is 0.000000101. The van der Waals surface area contributed by atoms with Crippen molar-refractivity contribution in [2.24, 2.45) is 0 Å². The number of hydrogen-bond donors (Lipinski definition) is 0. The fourth-order valence-electron chi connectivity index (χ4n) is 23.4. The molecule has 30 rings (SSSR count). The molecule has 0 amide bonds. The summed E-state index contributed by atoms with van der Waals surface area (Å²) in [5.41, 5.74) is 38.6. The van der Waals surface area contributed by atoms with Crippen molar-refractivity contribution in [2.75, 3.05) is 14.7 Å². The Morgan fingerprint density at radius 2 is 0.637 bits per heavy atom. The smallest absolute Gasteiger partial charge is 0.149 e. The van der Waals surface area contributed by atoms with Crippen LogP contribution in [-0.4, -0.2) is 29.9 Å². The van der Waals surface area contributed by atoms with Crippen molar-refractivity contribution in [3.8, 4) is 100 Å². The van der Waals surface area contributed by atoms with E-state index in [1.807, 2.05) is 46.4 Å². The molecular weight excluding hydrogens is 1700 g/mol. The zero-order valence-corrected chi connectivity index (χ0v) is 77.1. The fraction of sp³-hybridized carbons (Fsp3) is 0.0732. The van der Waals surface area contributed by atoms with Crippen LogP contribution in [0.3, 0.4) is 0 Å². The molecule has 0 fully saturated rings. The summed E-state index contributed by atoms with van der Waals surface area (Å²) in [6, 6.07) is 129. The first kappa shape index (κ1) is 77.8. The highest BCUT2D eigenvalue weighted by Crippen LogP contribution is 2.63. The molecule has 135 heavy (non-hydrogen) atoms. The van der Waals surface area contributed by atoms with Gasteiger partial charge in [-0.25, -0.2) is 29.9 Å². The second-order valence-electron chi connectivity index (χ2n) is 38.0. The number of rotatable bonds is 6. The standard InChI is InChI=1S/3C41H27N3S/c1-41(2)32-19-18-29-28-13-7-9-15-36(28)45-39(29)37(32)30-17-16-26(22-33(30)41)44-35-14-8-6-12-27(35)31-20-25(24-10-4-3-5-11-24)21-34-38(31)40(44)43-23-42-34;1-41(2)33-18-17-29-28-12-6-7-14-36(28)45-39(29)38(33)30-16-15-27(21-34(30)41)44-35-13-8-11-25-19-26(24-9-4-3-5-10-24)20-31(37(25)35)32-22-42-23-43-40(32)44;1-41(2)32-18-17-29-28-12-6-7-14-36(28)45-40(29)38(32)30-16-15-27(21-33(30)41)44-34-13-8-11-25-19-26(24-9-4-3-5-10-24)20-31(37(25)34)39-35(44)22-42-23-43-39/h3*3-23H,1-2H3. The van der Waals surface area contributed by atoms with Gasteiger partial charge in [0.15, 0.2) is 0 Å². The number of benzene rings is 18. The maximum atomic E-state index is 4.95. The molecule has 9 heterocycles. The Morgan fingerprint density at radius 3 is 1.15 bits per heavy atom. The molecule has 636 valence electrons. The molecule has 0 unspecified atom stereocenters. The number of fused-ring (bicyclic) bond motifs is 27. The molecule has 0 spiro atoms. The Labute approximate surface area is 791 Å². The van der Waals surface area contributed by atoms with Gasteiger partial charge in [-0.1, -0.05) is 284 Å². The van der Waals surface area contributed by atoms with Crippen LogP contribution in [0.2, 0.25) is 0 Å². The van der Waals surface area contributed by atoms with Crippen molar-refractivity contribution >= 4 is 178 Å². The van der Waals surface area contributed by atoms with E-state index in [0.29, 0.717) is 0 Å². The van der Waals surface area contributed by atoms with E-state index in [1.54, 1.807) is 19.0 Å². The van der Waals surface area contributed by atoms with Gasteiger partial charge < -0.3 is 4.90 Å². The predicted octanol–water partition coefficient (Wildman–Crippen LogP) is 34.3. The molecule has 6 aliphatic rings. The number of nitrogens with zero attached hydrogens (tertiary/aromatic N) is 9. The molecule has 18 aromatic carbocycles. The highest BCUT2D eigenvalue weighted by Gasteiger charge is 2.44. The van der Waals surface area contributed by atoms with Crippen LogP contribution in [0.15, 0.2) is 383 Å². The van der Waals surface area contributed by atoms with E-state index >= 15 is 0 Å². The van der Waals surface area contributed by atoms with Crippen LogP contribution in [0.1, 0.15) is 74.9 Å². The number of hydrogen-bond acceptors (Lipinski definition) is 12. The second-order valence-corrected chi connectivity index (χ2v) is 41.2. The zero-order chi connectivity index (χ0) is 89.6. The highest BCUT2D eigenvalue weighted by atomic mass is 32.1. The molecule has 0 saturated carbocycles. The van der Waals surface area contributed by atoms with Gasteiger partial charge in [-0.05, 0) is 215 Å². The van der Waals surface area contributed by atoms with Gasteiger partial charge in [0.2, 0.25) is 0 Å². The Kier molecular flexibility index (Phi) is 16.7. The maximum Gasteiger partial charge on any atom is 0.149 e. The molecule has 6 aromatic heterocycles. The molecule has 0 N–H and O–H groups in total. The second kappa shape index (κ2) is 29.0. The minimum Gasteiger partial charge on any atom is -0.306 e. The largest absolute Gasteiger partial charge is 0.306 e. The fourth-order valence-corrected chi connectivity index (χ4v) is 27.2. The quantitative estimate of drug-likeness (QED) is 0.162. The lowest BCUT2D eigenvalue weighted by atomic mass is 9.82. The summed E-state index contributed by atoms with van der Waals surface area (Å²) in [5, 5.41) is 14.0. The van der Waals surface area contributed by atoms with Crippen molar-refractivity contribution in [2.45, 2.75) is 57.8 Å². The molecule has 0 atom stereocenters. The summed E-state index contributed by atoms with van der Waals surface area (Å²) in [5.74, 6) is 1.84. The Hall–Kier alpha value is -16.0. The van der Waals surface area contributed by atoms with Gasteiger partial charge >= 0.3 is 0 Å². The molecule has 0 bridgehead atoms. The first-order valence-corrected chi connectivity index (χ1v) is 48.7. The van der Waals surface area contributed by atoms with E-state index in [0.717, 1.165) is 84.7 Å². The van der Waals surface area contributed by atoms with Gasteiger partial charge in [0.1, 0.15) is 30.6 Å². The minimum absolute atomic E-state index is 0.134. The average Bonchev–Trinajstić information content (AvgIpc) is 1.35. The van der Waals surface area contributed by atoms with Crippen LogP contribution in [-0.2, 0) is 16.2 Å². The van der Waals surface area contributed by atoms with Gasteiger partial charge in [-0.15, -0.1) is 34.0 Å². The summed E-state index contributed by atoms with van der Waals surface area (Å²) >= 11 is 5.75. The molecule has 0 radical (unpaired) electrons. The van der Waals surface area contributed by atoms with E-state index in [-0.39, 0.29) is 16.2 Å².